The molecular weight excluding hydrogens is 204 g/mol. The predicted octanol–water partition coefficient (Wildman–Crippen LogP) is 1.51. The normalized spacial score (nSPS) is 14.6. The predicted molar refractivity (Wildman–Crippen MR) is 62.5 cm³/mol. The highest BCUT2D eigenvalue weighted by Crippen LogP contribution is 2.31. The molecule has 1 fully saturated rings. The van der Waals surface area contributed by atoms with Gasteiger partial charge in [-0.1, -0.05) is 0 Å². The molecule has 1 aromatic rings. The van der Waals surface area contributed by atoms with Gasteiger partial charge in [0, 0.05) is 19.7 Å². The molecule has 86 valence electrons. The number of nitrogens with two attached hydrogens (primary N) is 1. The molecule has 4 heteroatoms. The molecule has 1 aliphatic carbocycles. The van der Waals surface area contributed by atoms with Gasteiger partial charge in [0.1, 0.15) is 5.75 Å². The van der Waals surface area contributed by atoms with E-state index in [-0.39, 0.29) is 12.0 Å². The second-order valence-corrected chi connectivity index (χ2v) is 4.27. The fourth-order valence-electron chi connectivity index (χ4n) is 1.39. The highest BCUT2D eigenvalue weighted by atomic mass is 16.5. The number of benzene rings is 1. The molecule has 1 aromatic carbocycles. The Morgan fingerprint density at radius 3 is 2.69 bits per heavy atom. The summed E-state index contributed by atoms with van der Waals surface area (Å²) >= 11 is 0. The molecule has 1 aliphatic rings. The van der Waals surface area contributed by atoms with Gasteiger partial charge in [-0.2, -0.15) is 0 Å². The Bertz CT molecular complexity index is 411. The van der Waals surface area contributed by atoms with E-state index in [0.29, 0.717) is 17.0 Å². The highest BCUT2D eigenvalue weighted by Gasteiger charge is 2.24. The Kier molecular flexibility index (Phi) is 2.73. The molecule has 0 atom stereocenters. The van der Waals surface area contributed by atoms with Crippen molar-refractivity contribution in [2.24, 2.45) is 0 Å². The lowest BCUT2D eigenvalue weighted by atomic mass is 10.1. The third-order valence-corrected chi connectivity index (χ3v) is 2.48. The van der Waals surface area contributed by atoms with Crippen LogP contribution in [-0.4, -0.2) is 31.0 Å². The van der Waals surface area contributed by atoms with Crippen LogP contribution in [0.4, 0.5) is 5.69 Å². The van der Waals surface area contributed by atoms with Crippen LogP contribution in [-0.2, 0) is 0 Å². The third kappa shape index (κ3) is 2.27. The molecule has 0 radical (unpaired) electrons. The summed E-state index contributed by atoms with van der Waals surface area (Å²) in [5, 5.41) is 0. The number of amides is 1. The summed E-state index contributed by atoms with van der Waals surface area (Å²) in [6.45, 7) is 0. The topological polar surface area (TPSA) is 55.6 Å². The molecule has 0 bridgehead atoms. The van der Waals surface area contributed by atoms with Crippen molar-refractivity contribution in [1.82, 2.24) is 4.90 Å². The van der Waals surface area contributed by atoms with Gasteiger partial charge < -0.3 is 15.4 Å². The molecule has 0 heterocycles. The van der Waals surface area contributed by atoms with Gasteiger partial charge in [0.15, 0.2) is 0 Å². The summed E-state index contributed by atoms with van der Waals surface area (Å²) in [5.74, 6) is 0.579. The van der Waals surface area contributed by atoms with E-state index in [9.17, 15) is 4.79 Å². The molecular formula is C12H16N2O2. The third-order valence-electron chi connectivity index (χ3n) is 2.48. The van der Waals surface area contributed by atoms with Crippen molar-refractivity contribution in [3.63, 3.8) is 0 Å². The van der Waals surface area contributed by atoms with Crippen LogP contribution in [0, 0.1) is 0 Å². The molecule has 0 aliphatic heterocycles. The zero-order valence-electron chi connectivity index (χ0n) is 9.56. The quantitative estimate of drug-likeness (QED) is 0.785. The first-order chi connectivity index (χ1) is 7.58. The minimum atomic E-state index is -0.0411. The van der Waals surface area contributed by atoms with Crippen molar-refractivity contribution < 1.29 is 9.53 Å². The van der Waals surface area contributed by atoms with Crippen LogP contribution in [0.25, 0.3) is 0 Å². The first-order valence-electron chi connectivity index (χ1n) is 5.36. The fourth-order valence-corrected chi connectivity index (χ4v) is 1.39. The number of nitrogens with zero attached hydrogens (tertiary/aromatic N) is 1. The number of rotatable bonds is 3. The maximum Gasteiger partial charge on any atom is 0.253 e. The first-order valence-corrected chi connectivity index (χ1v) is 5.36. The molecule has 1 amide bonds. The molecule has 0 aromatic heterocycles. The average Bonchev–Trinajstić information content (AvgIpc) is 3.04. The number of ether oxygens (including phenoxy) is 1. The largest absolute Gasteiger partial charge is 0.488 e. The van der Waals surface area contributed by atoms with Gasteiger partial charge in [-0.25, -0.2) is 0 Å². The van der Waals surface area contributed by atoms with Crippen molar-refractivity contribution in [3.05, 3.63) is 23.8 Å². The Hall–Kier alpha value is -1.71. The van der Waals surface area contributed by atoms with Crippen LogP contribution in [0.5, 0.6) is 5.75 Å². The number of anilines is 1. The molecule has 0 unspecified atom stereocenters. The fraction of sp³-hybridized carbons (Fsp3) is 0.417. The van der Waals surface area contributed by atoms with Crippen molar-refractivity contribution in [2.75, 3.05) is 19.8 Å². The Morgan fingerprint density at radius 1 is 1.44 bits per heavy atom. The van der Waals surface area contributed by atoms with Crippen LogP contribution >= 0.6 is 0 Å². The van der Waals surface area contributed by atoms with E-state index in [1.165, 1.54) is 4.90 Å². The Labute approximate surface area is 95.0 Å². The molecule has 0 saturated heterocycles. The Morgan fingerprint density at radius 2 is 2.12 bits per heavy atom. The van der Waals surface area contributed by atoms with Crippen LogP contribution in [0.3, 0.4) is 0 Å². The maximum absolute atomic E-state index is 11.7. The zero-order valence-corrected chi connectivity index (χ0v) is 9.56. The van der Waals surface area contributed by atoms with E-state index in [0.717, 1.165) is 12.8 Å². The van der Waals surface area contributed by atoms with Crippen LogP contribution < -0.4 is 10.5 Å². The molecule has 4 nitrogen and oxygen atoms in total. The van der Waals surface area contributed by atoms with Gasteiger partial charge >= 0.3 is 0 Å². The van der Waals surface area contributed by atoms with Crippen LogP contribution in [0.15, 0.2) is 18.2 Å². The molecule has 1 saturated carbocycles. The number of hydrogen-bond acceptors (Lipinski definition) is 3. The molecule has 2 N–H and O–H groups in total. The van der Waals surface area contributed by atoms with Gasteiger partial charge in [-0.3, -0.25) is 4.79 Å². The van der Waals surface area contributed by atoms with Crippen molar-refractivity contribution in [1.29, 1.82) is 0 Å². The summed E-state index contributed by atoms with van der Waals surface area (Å²) in [5.41, 5.74) is 6.98. The summed E-state index contributed by atoms with van der Waals surface area (Å²) < 4.78 is 5.63. The van der Waals surface area contributed by atoms with Gasteiger partial charge in [-0.05, 0) is 31.0 Å². The molecule has 0 spiro atoms. The van der Waals surface area contributed by atoms with Crippen LogP contribution in [0.1, 0.15) is 23.2 Å². The average molecular weight is 220 g/mol. The van der Waals surface area contributed by atoms with Gasteiger partial charge in [0.2, 0.25) is 0 Å². The summed E-state index contributed by atoms with van der Waals surface area (Å²) in [6.07, 6.45) is 2.43. The Balaban J connectivity index is 2.23. The lowest BCUT2D eigenvalue weighted by molar-refractivity contribution is 0.0827. The number of hydrogen-bond donors (Lipinski definition) is 1. The minimum absolute atomic E-state index is 0.0411. The smallest absolute Gasteiger partial charge is 0.253 e. The summed E-state index contributed by atoms with van der Waals surface area (Å²) in [4.78, 5) is 13.3. The van der Waals surface area contributed by atoms with Crippen molar-refractivity contribution in [2.45, 2.75) is 18.9 Å². The minimum Gasteiger partial charge on any atom is -0.488 e. The van der Waals surface area contributed by atoms with E-state index in [1.54, 1.807) is 32.3 Å². The van der Waals surface area contributed by atoms with Crippen LogP contribution in [0.2, 0.25) is 0 Å². The molecule has 16 heavy (non-hydrogen) atoms. The van der Waals surface area contributed by atoms with E-state index in [2.05, 4.69) is 0 Å². The second kappa shape index (κ2) is 4.04. The van der Waals surface area contributed by atoms with Gasteiger partial charge in [0.05, 0.1) is 11.8 Å². The number of carbonyl (C=O) groups excluding carboxylic acids is 1. The lowest BCUT2D eigenvalue weighted by Crippen LogP contribution is -2.21. The highest BCUT2D eigenvalue weighted by molar-refractivity contribution is 5.94. The van der Waals surface area contributed by atoms with Crippen molar-refractivity contribution in [3.8, 4) is 5.75 Å². The van der Waals surface area contributed by atoms with E-state index in [1.807, 2.05) is 0 Å². The first kappa shape index (κ1) is 10.8. The second-order valence-electron chi connectivity index (χ2n) is 4.27. The number of nitrogen functional groups attached to an aromatic ring is 1. The van der Waals surface area contributed by atoms with Crippen molar-refractivity contribution >= 4 is 11.6 Å². The van der Waals surface area contributed by atoms with Gasteiger partial charge in [0.25, 0.3) is 5.91 Å². The van der Waals surface area contributed by atoms with Gasteiger partial charge in [-0.15, -0.1) is 0 Å². The SMILES string of the molecule is CN(C)C(=O)c1ccc(N)c(OC2CC2)c1. The standard InChI is InChI=1S/C12H16N2O2/c1-14(2)12(15)8-3-6-10(13)11(7-8)16-9-4-5-9/h3,6-7,9H,4-5,13H2,1-2H3. The summed E-state index contributed by atoms with van der Waals surface area (Å²) in [6, 6.07) is 5.15. The van der Waals surface area contributed by atoms with E-state index >= 15 is 0 Å². The lowest BCUT2D eigenvalue weighted by Gasteiger charge is -2.13. The number of carbonyl (C=O) groups is 1. The van der Waals surface area contributed by atoms with E-state index < -0.39 is 0 Å². The van der Waals surface area contributed by atoms with E-state index in [4.69, 9.17) is 10.5 Å². The zero-order chi connectivity index (χ0) is 11.7. The molecule has 2 rings (SSSR count). The maximum atomic E-state index is 11.7. The monoisotopic (exact) mass is 220 g/mol. The summed E-state index contributed by atoms with van der Waals surface area (Å²) in [7, 11) is 3.44.